The van der Waals surface area contributed by atoms with Gasteiger partial charge in [0, 0.05) is 31.3 Å². The molecule has 0 atom stereocenters. The SMILES string of the molecule is Cc1ccc2nc(N(CCN(C)C)C(=O)/C=C/c3cccc([N+](=O)[O-])c3)sc2c1. The molecule has 0 spiro atoms. The summed E-state index contributed by atoms with van der Waals surface area (Å²) in [5, 5.41) is 11.6. The van der Waals surface area contributed by atoms with Crippen molar-refractivity contribution in [2.24, 2.45) is 0 Å². The van der Waals surface area contributed by atoms with E-state index in [9.17, 15) is 14.9 Å². The first-order chi connectivity index (χ1) is 13.8. The van der Waals surface area contributed by atoms with Gasteiger partial charge in [-0.1, -0.05) is 29.5 Å². The van der Waals surface area contributed by atoms with Crippen LogP contribution in [0.1, 0.15) is 11.1 Å². The molecule has 0 aliphatic carbocycles. The highest BCUT2D eigenvalue weighted by Gasteiger charge is 2.18. The summed E-state index contributed by atoms with van der Waals surface area (Å²) in [6.07, 6.45) is 3.03. The number of benzene rings is 2. The summed E-state index contributed by atoms with van der Waals surface area (Å²) < 4.78 is 1.03. The van der Waals surface area contributed by atoms with Gasteiger partial charge in [-0.2, -0.15) is 0 Å². The van der Waals surface area contributed by atoms with E-state index in [1.807, 2.05) is 38.1 Å². The fraction of sp³-hybridized carbons (Fsp3) is 0.238. The number of anilines is 1. The van der Waals surface area contributed by atoms with E-state index in [4.69, 9.17) is 0 Å². The number of hydrogen-bond acceptors (Lipinski definition) is 6. The molecule has 0 unspecified atom stereocenters. The molecule has 1 heterocycles. The summed E-state index contributed by atoms with van der Waals surface area (Å²) in [6, 6.07) is 12.2. The van der Waals surface area contributed by atoms with Crippen molar-refractivity contribution >= 4 is 44.4 Å². The Hall–Kier alpha value is -3.10. The molecule has 2 aromatic carbocycles. The van der Waals surface area contributed by atoms with Crippen molar-refractivity contribution in [2.75, 3.05) is 32.1 Å². The van der Waals surface area contributed by atoms with E-state index in [-0.39, 0.29) is 11.6 Å². The molecule has 0 radical (unpaired) electrons. The fourth-order valence-electron chi connectivity index (χ4n) is 2.73. The van der Waals surface area contributed by atoms with Gasteiger partial charge in [0.05, 0.1) is 15.1 Å². The monoisotopic (exact) mass is 410 g/mol. The molecule has 8 heteroatoms. The predicted octanol–water partition coefficient (Wildman–Crippen LogP) is 4.12. The number of rotatable bonds is 7. The molecular weight excluding hydrogens is 388 g/mol. The van der Waals surface area contributed by atoms with Crippen LogP contribution >= 0.6 is 11.3 Å². The molecule has 3 aromatic rings. The number of likely N-dealkylation sites (N-methyl/N-ethyl adjacent to an activating group) is 1. The number of amides is 1. The lowest BCUT2D eigenvalue weighted by Gasteiger charge is -2.20. The standard InChI is InChI=1S/C21H22N4O3S/c1-15-7-9-18-19(13-15)29-21(22-18)24(12-11-23(2)3)20(26)10-8-16-5-4-6-17(14-16)25(27)28/h4-10,13-14H,11-12H2,1-3H3/b10-8+. The summed E-state index contributed by atoms with van der Waals surface area (Å²) in [5.74, 6) is -0.214. The first kappa shape index (κ1) is 20.6. The van der Waals surface area contributed by atoms with Crippen molar-refractivity contribution in [1.29, 1.82) is 0 Å². The third kappa shape index (κ3) is 5.24. The van der Waals surface area contributed by atoms with Gasteiger partial charge >= 0.3 is 0 Å². The topological polar surface area (TPSA) is 79.6 Å². The maximum absolute atomic E-state index is 12.9. The van der Waals surface area contributed by atoms with Gasteiger partial charge in [-0.05, 0) is 50.4 Å². The Morgan fingerprint density at radius 1 is 1.21 bits per heavy atom. The van der Waals surface area contributed by atoms with Crippen molar-refractivity contribution in [2.45, 2.75) is 6.92 Å². The van der Waals surface area contributed by atoms with E-state index >= 15 is 0 Å². The smallest absolute Gasteiger partial charge is 0.270 e. The van der Waals surface area contributed by atoms with Crippen LogP contribution in [-0.2, 0) is 4.79 Å². The molecule has 0 aliphatic heterocycles. The zero-order valence-corrected chi connectivity index (χ0v) is 17.3. The van der Waals surface area contributed by atoms with Gasteiger partial charge in [0.1, 0.15) is 0 Å². The number of non-ortho nitro benzene ring substituents is 1. The third-order valence-electron chi connectivity index (χ3n) is 4.30. The molecule has 0 fully saturated rings. The summed E-state index contributed by atoms with van der Waals surface area (Å²) in [5.41, 5.74) is 2.59. The number of carbonyl (C=O) groups is 1. The Kier molecular flexibility index (Phi) is 6.36. The highest BCUT2D eigenvalue weighted by atomic mass is 32.1. The van der Waals surface area contributed by atoms with Gasteiger partial charge in [-0.25, -0.2) is 4.98 Å². The molecule has 0 saturated heterocycles. The fourth-order valence-corrected chi connectivity index (χ4v) is 3.83. The second kappa shape index (κ2) is 8.93. The maximum atomic E-state index is 12.9. The number of nitro benzene ring substituents is 1. The van der Waals surface area contributed by atoms with Crippen LogP contribution < -0.4 is 4.90 Å². The number of thiazole rings is 1. The first-order valence-electron chi connectivity index (χ1n) is 9.09. The highest BCUT2D eigenvalue weighted by Crippen LogP contribution is 2.29. The van der Waals surface area contributed by atoms with Crippen LogP contribution in [0.15, 0.2) is 48.5 Å². The lowest BCUT2D eigenvalue weighted by Crippen LogP contribution is -2.35. The number of aromatic nitrogens is 1. The van der Waals surface area contributed by atoms with E-state index < -0.39 is 4.92 Å². The van der Waals surface area contributed by atoms with E-state index in [1.165, 1.54) is 29.5 Å². The van der Waals surface area contributed by atoms with E-state index in [0.717, 1.165) is 15.8 Å². The second-order valence-corrected chi connectivity index (χ2v) is 7.96. The lowest BCUT2D eigenvalue weighted by atomic mass is 10.2. The summed E-state index contributed by atoms with van der Waals surface area (Å²) in [7, 11) is 3.90. The first-order valence-corrected chi connectivity index (χ1v) is 9.91. The van der Waals surface area contributed by atoms with Crippen molar-refractivity contribution in [3.63, 3.8) is 0 Å². The average Bonchev–Trinajstić information content (AvgIpc) is 3.09. The van der Waals surface area contributed by atoms with Gasteiger partial charge in [0.25, 0.3) is 11.6 Å². The van der Waals surface area contributed by atoms with E-state index in [1.54, 1.807) is 23.1 Å². The number of hydrogen-bond donors (Lipinski definition) is 0. The van der Waals surface area contributed by atoms with Crippen molar-refractivity contribution in [3.05, 3.63) is 69.8 Å². The van der Waals surface area contributed by atoms with Crippen LogP contribution in [0, 0.1) is 17.0 Å². The molecule has 1 aromatic heterocycles. The Balaban J connectivity index is 1.87. The van der Waals surface area contributed by atoms with Crippen LogP contribution in [-0.4, -0.2) is 47.9 Å². The molecule has 150 valence electrons. The zero-order valence-electron chi connectivity index (χ0n) is 16.5. The van der Waals surface area contributed by atoms with E-state index in [0.29, 0.717) is 23.8 Å². The number of nitro groups is 1. The second-order valence-electron chi connectivity index (χ2n) is 6.95. The molecule has 7 nitrogen and oxygen atoms in total. The van der Waals surface area contributed by atoms with Crippen molar-refractivity contribution in [1.82, 2.24) is 9.88 Å². The predicted molar refractivity (Wildman–Crippen MR) is 117 cm³/mol. The minimum atomic E-state index is -0.453. The Morgan fingerprint density at radius 2 is 2.00 bits per heavy atom. The minimum Gasteiger partial charge on any atom is -0.308 e. The largest absolute Gasteiger partial charge is 0.308 e. The van der Waals surface area contributed by atoms with E-state index in [2.05, 4.69) is 11.1 Å². The molecule has 29 heavy (non-hydrogen) atoms. The number of aryl methyl sites for hydroxylation is 1. The number of nitrogens with zero attached hydrogens (tertiary/aromatic N) is 4. The molecule has 0 bridgehead atoms. The lowest BCUT2D eigenvalue weighted by molar-refractivity contribution is -0.384. The highest BCUT2D eigenvalue weighted by molar-refractivity contribution is 7.22. The van der Waals surface area contributed by atoms with Crippen molar-refractivity contribution in [3.8, 4) is 0 Å². The van der Waals surface area contributed by atoms with Crippen molar-refractivity contribution < 1.29 is 9.72 Å². The molecule has 0 saturated carbocycles. The van der Waals surface area contributed by atoms with Gasteiger partial charge in [-0.15, -0.1) is 0 Å². The van der Waals surface area contributed by atoms with Gasteiger partial charge in [-0.3, -0.25) is 19.8 Å². The van der Waals surface area contributed by atoms with Crippen LogP contribution in [0.5, 0.6) is 0 Å². The molecule has 0 aliphatic rings. The van der Waals surface area contributed by atoms with Gasteiger partial charge in [0.15, 0.2) is 5.13 Å². The molecular formula is C21H22N4O3S. The maximum Gasteiger partial charge on any atom is 0.270 e. The normalized spacial score (nSPS) is 11.4. The summed E-state index contributed by atoms with van der Waals surface area (Å²) in [6.45, 7) is 3.20. The zero-order chi connectivity index (χ0) is 21.0. The van der Waals surface area contributed by atoms with Crippen LogP contribution in [0.4, 0.5) is 10.8 Å². The Bertz CT molecular complexity index is 1070. The average molecular weight is 410 g/mol. The van der Waals surface area contributed by atoms with Crippen LogP contribution in [0.25, 0.3) is 16.3 Å². The van der Waals surface area contributed by atoms with Crippen LogP contribution in [0.2, 0.25) is 0 Å². The minimum absolute atomic E-state index is 0.00870. The van der Waals surface area contributed by atoms with Crippen LogP contribution in [0.3, 0.4) is 0 Å². The van der Waals surface area contributed by atoms with Gasteiger partial charge < -0.3 is 4.90 Å². The summed E-state index contributed by atoms with van der Waals surface area (Å²) in [4.78, 5) is 31.7. The molecule has 1 amide bonds. The number of carbonyl (C=O) groups excluding carboxylic acids is 1. The number of fused-ring (bicyclic) bond motifs is 1. The molecule has 3 rings (SSSR count). The quantitative estimate of drug-likeness (QED) is 0.333. The van der Waals surface area contributed by atoms with Gasteiger partial charge in [0.2, 0.25) is 0 Å². The Morgan fingerprint density at radius 3 is 2.72 bits per heavy atom. The third-order valence-corrected chi connectivity index (χ3v) is 5.34. The summed E-state index contributed by atoms with van der Waals surface area (Å²) >= 11 is 1.48. The molecule has 0 N–H and O–H groups in total. The Labute approximate surface area is 173 Å².